The fourth-order valence-electron chi connectivity index (χ4n) is 1.68. The molecule has 0 bridgehead atoms. The van der Waals surface area contributed by atoms with Gasteiger partial charge in [-0.3, -0.25) is 14.7 Å². The van der Waals surface area contributed by atoms with Crippen LogP contribution in [0.1, 0.15) is 16.8 Å². The molecule has 2 aromatic rings. The average molecular weight is 246 g/mol. The van der Waals surface area contributed by atoms with Gasteiger partial charge in [-0.2, -0.15) is 0 Å². The van der Waals surface area contributed by atoms with Gasteiger partial charge in [0.05, 0.1) is 6.61 Å². The minimum Gasteiger partial charge on any atom is -0.392 e. The van der Waals surface area contributed by atoms with Crippen LogP contribution in [-0.2, 0) is 19.4 Å². The third-order valence-electron chi connectivity index (χ3n) is 2.75. The number of aromatic amines is 2. The Morgan fingerprint density at radius 1 is 0.944 bits per heavy atom. The van der Waals surface area contributed by atoms with Crippen LogP contribution in [0.3, 0.4) is 0 Å². The van der Waals surface area contributed by atoms with Gasteiger partial charge in [0.25, 0.3) is 0 Å². The largest absolute Gasteiger partial charge is 0.392 e. The number of rotatable bonds is 4. The van der Waals surface area contributed by atoms with Crippen molar-refractivity contribution in [2.75, 3.05) is 0 Å². The second-order valence-corrected chi connectivity index (χ2v) is 4.09. The molecule has 0 aliphatic carbocycles. The van der Waals surface area contributed by atoms with Crippen LogP contribution in [-0.4, -0.2) is 15.3 Å². The molecule has 5 nitrogen and oxygen atoms in total. The predicted molar refractivity (Wildman–Crippen MR) is 67.5 cm³/mol. The zero-order valence-electron chi connectivity index (χ0n) is 9.77. The highest BCUT2D eigenvalue weighted by Crippen LogP contribution is 2.07. The molecule has 1 aromatic carbocycles. The third kappa shape index (κ3) is 2.95. The Hall–Kier alpha value is -2.14. The number of aromatic nitrogens is 2. The molecule has 3 N–H and O–H groups in total. The fraction of sp³-hybridized carbons (Fsp3) is 0.231. The van der Waals surface area contributed by atoms with Crippen LogP contribution in [0.15, 0.2) is 39.9 Å². The Balaban J connectivity index is 2.04. The van der Waals surface area contributed by atoms with Crippen molar-refractivity contribution in [3.63, 3.8) is 0 Å². The number of aliphatic hydroxyl groups is 1. The monoisotopic (exact) mass is 246 g/mol. The van der Waals surface area contributed by atoms with E-state index in [4.69, 9.17) is 5.11 Å². The van der Waals surface area contributed by atoms with E-state index in [1.807, 2.05) is 24.3 Å². The summed E-state index contributed by atoms with van der Waals surface area (Å²) in [4.78, 5) is 22.0. The molecule has 94 valence electrons. The van der Waals surface area contributed by atoms with Gasteiger partial charge >= 0.3 is 5.56 Å². The standard InChI is InChI=1S/C13H14N2O3/c16-8-10-3-1-9(2-4-10)5-6-11-7-12(17)13(18)15-14-11/h1-4,7,16H,5-6,8H2,(H,14,17)(H,15,18). The molecule has 0 fully saturated rings. The molecule has 1 heterocycles. The van der Waals surface area contributed by atoms with Crippen molar-refractivity contribution in [2.24, 2.45) is 0 Å². The van der Waals surface area contributed by atoms with Gasteiger partial charge in [0, 0.05) is 11.8 Å². The molecule has 0 radical (unpaired) electrons. The van der Waals surface area contributed by atoms with Crippen LogP contribution in [0.4, 0.5) is 0 Å². The molecular weight excluding hydrogens is 232 g/mol. The summed E-state index contributed by atoms with van der Waals surface area (Å²) in [6.07, 6.45) is 1.40. The van der Waals surface area contributed by atoms with Gasteiger partial charge in [0.15, 0.2) is 0 Å². The molecule has 0 unspecified atom stereocenters. The number of H-pyrrole nitrogens is 2. The van der Waals surface area contributed by atoms with E-state index in [0.29, 0.717) is 12.1 Å². The quantitative estimate of drug-likeness (QED) is 0.680. The van der Waals surface area contributed by atoms with Crippen molar-refractivity contribution >= 4 is 0 Å². The summed E-state index contributed by atoms with van der Waals surface area (Å²) in [5, 5.41) is 13.9. The van der Waals surface area contributed by atoms with E-state index in [9.17, 15) is 9.59 Å². The Bertz CT molecular complexity index is 626. The predicted octanol–water partition coefficient (Wildman–Crippen LogP) is 0.341. The first kappa shape index (κ1) is 12.3. The molecule has 2 rings (SSSR count). The summed E-state index contributed by atoms with van der Waals surface area (Å²) in [5.41, 5.74) is 1.52. The van der Waals surface area contributed by atoms with E-state index in [1.54, 1.807) is 0 Å². The highest BCUT2D eigenvalue weighted by molar-refractivity contribution is 5.22. The molecule has 0 aliphatic rings. The van der Waals surface area contributed by atoms with E-state index in [2.05, 4.69) is 10.2 Å². The Labute approximate surface area is 103 Å². The summed E-state index contributed by atoms with van der Waals surface area (Å²) in [7, 11) is 0. The van der Waals surface area contributed by atoms with Crippen LogP contribution < -0.4 is 11.0 Å². The summed E-state index contributed by atoms with van der Waals surface area (Å²) in [6.45, 7) is 0.0352. The van der Waals surface area contributed by atoms with Crippen molar-refractivity contribution in [2.45, 2.75) is 19.4 Å². The van der Waals surface area contributed by atoms with Gasteiger partial charge in [-0.1, -0.05) is 24.3 Å². The minimum absolute atomic E-state index is 0.0352. The minimum atomic E-state index is -0.633. The van der Waals surface area contributed by atoms with Crippen LogP contribution in [0, 0.1) is 0 Å². The van der Waals surface area contributed by atoms with Gasteiger partial charge in [0.2, 0.25) is 5.43 Å². The highest BCUT2D eigenvalue weighted by Gasteiger charge is 1.99. The molecule has 0 aliphatic heterocycles. The lowest BCUT2D eigenvalue weighted by atomic mass is 10.1. The Morgan fingerprint density at radius 3 is 2.22 bits per heavy atom. The zero-order chi connectivity index (χ0) is 13.0. The number of aliphatic hydroxyl groups excluding tert-OH is 1. The summed E-state index contributed by atoms with van der Waals surface area (Å²) in [6, 6.07) is 8.93. The summed E-state index contributed by atoms with van der Waals surface area (Å²) >= 11 is 0. The molecule has 5 heteroatoms. The molecule has 1 aromatic heterocycles. The second kappa shape index (κ2) is 5.46. The third-order valence-corrected chi connectivity index (χ3v) is 2.75. The van der Waals surface area contributed by atoms with Crippen molar-refractivity contribution in [1.29, 1.82) is 0 Å². The number of hydrogen-bond donors (Lipinski definition) is 3. The molecule has 18 heavy (non-hydrogen) atoms. The lowest BCUT2D eigenvalue weighted by Crippen LogP contribution is -2.27. The average Bonchev–Trinajstić information content (AvgIpc) is 2.41. The maximum Gasteiger partial charge on any atom is 0.310 e. The molecule has 0 amide bonds. The Kier molecular flexibility index (Phi) is 3.74. The number of nitrogens with one attached hydrogen (secondary N) is 2. The zero-order valence-corrected chi connectivity index (χ0v) is 9.77. The fourth-order valence-corrected chi connectivity index (χ4v) is 1.68. The lowest BCUT2D eigenvalue weighted by molar-refractivity contribution is 0.282. The van der Waals surface area contributed by atoms with E-state index in [1.165, 1.54) is 6.07 Å². The number of aryl methyl sites for hydroxylation is 2. The van der Waals surface area contributed by atoms with Gasteiger partial charge in [-0.05, 0) is 24.0 Å². The van der Waals surface area contributed by atoms with Crippen LogP contribution >= 0.6 is 0 Å². The Morgan fingerprint density at radius 2 is 1.61 bits per heavy atom. The maximum absolute atomic E-state index is 11.1. The van der Waals surface area contributed by atoms with Crippen molar-refractivity contribution in [3.05, 3.63) is 67.7 Å². The topological polar surface area (TPSA) is 85.9 Å². The smallest absolute Gasteiger partial charge is 0.310 e. The van der Waals surface area contributed by atoms with Gasteiger partial charge in [-0.15, -0.1) is 0 Å². The SMILES string of the molecule is O=c1cc(CCc2ccc(CO)cc2)[nH][nH]c1=O. The van der Waals surface area contributed by atoms with Crippen LogP contribution in [0.2, 0.25) is 0 Å². The van der Waals surface area contributed by atoms with Crippen LogP contribution in [0.5, 0.6) is 0 Å². The van der Waals surface area contributed by atoms with E-state index < -0.39 is 11.0 Å². The van der Waals surface area contributed by atoms with Crippen molar-refractivity contribution in [3.8, 4) is 0 Å². The van der Waals surface area contributed by atoms with Gasteiger partial charge in [-0.25, -0.2) is 0 Å². The first-order chi connectivity index (χ1) is 8.69. The van der Waals surface area contributed by atoms with Gasteiger partial charge < -0.3 is 10.2 Å². The summed E-state index contributed by atoms with van der Waals surface area (Å²) < 4.78 is 0. The molecule has 0 spiro atoms. The maximum atomic E-state index is 11.1. The highest BCUT2D eigenvalue weighted by atomic mass is 16.3. The molecule has 0 atom stereocenters. The first-order valence-electron chi connectivity index (χ1n) is 5.68. The van der Waals surface area contributed by atoms with Crippen molar-refractivity contribution in [1.82, 2.24) is 10.2 Å². The first-order valence-corrected chi connectivity index (χ1v) is 5.68. The lowest BCUT2D eigenvalue weighted by Gasteiger charge is -2.03. The van der Waals surface area contributed by atoms with E-state index in [-0.39, 0.29) is 6.61 Å². The molecular formula is C13H14N2O3. The van der Waals surface area contributed by atoms with Crippen molar-refractivity contribution < 1.29 is 5.11 Å². The molecule has 0 saturated carbocycles. The van der Waals surface area contributed by atoms with Crippen LogP contribution in [0.25, 0.3) is 0 Å². The van der Waals surface area contributed by atoms with E-state index in [0.717, 1.165) is 17.5 Å². The van der Waals surface area contributed by atoms with Gasteiger partial charge in [0.1, 0.15) is 0 Å². The normalized spacial score (nSPS) is 10.5. The number of benzene rings is 1. The summed E-state index contributed by atoms with van der Waals surface area (Å²) in [5.74, 6) is 0. The van der Waals surface area contributed by atoms with E-state index >= 15 is 0 Å². The number of hydrogen-bond acceptors (Lipinski definition) is 3. The molecule has 0 saturated heterocycles. The second-order valence-electron chi connectivity index (χ2n) is 4.09.